The standard InChI is InChI=1S/C17H25N3/c1-4-11-17(18,14-9-7-6-8-10-14)13-16-12-15(5-2)19-20(16)3/h6-10,12H,4-5,11,13,18H2,1-3H3. The molecular weight excluding hydrogens is 246 g/mol. The summed E-state index contributed by atoms with van der Waals surface area (Å²) in [5.41, 5.74) is 9.98. The minimum atomic E-state index is -0.311. The molecule has 2 aromatic rings. The molecule has 1 atom stereocenters. The van der Waals surface area contributed by atoms with Crippen molar-refractivity contribution in [3.05, 3.63) is 53.3 Å². The van der Waals surface area contributed by atoms with Gasteiger partial charge in [0.15, 0.2) is 0 Å². The molecule has 0 fully saturated rings. The quantitative estimate of drug-likeness (QED) is 0.877. The van der Waals surface area contributed by atoms with Crippen molar-refractivity contribution in [2.45, 2.75) is 45.1 Å². The monoisotopic (exact) mass is 271 g/mol. The average Bonchev–Trinajstić information content (AvgIpc) is 2.80. The first-order valence-electron chi connectivity index (χ1n) is 7.45. The average molecular weight is 271 g/mol. The fourth-order valence-corrected chi connectivity index (χ4v) is 2.78. The highest BCUT2D eigenvalue weighted by molar-refractivity contribution is 5.27. The zero-order valence-corrected chi connectivity index (χ0v) is 12.8. The zero-order valence-electron chi connectivity index (χ0n) is 12.8. The van der Waals surface area contributed by atoms with Crippen LogP contribution in [0.4, 0.5) is 0 Å². The van der Waals surface area contributed by atoms with Crippen LogP contribution in [-0.4, -0.2) is 9.78 Å². The number of aryl methyl sites for hydroxylation is 2. The Morgan fingerprint density at radius 2 is 1.90 bits per heavy atom. The minimum absolute atomic E-state index is 0.311. The number of aromatic nitrogens is 2. The molecule has 3 heteroatoms. The van der Waals surface area contributed by atoms with Gasteiger partial charge in [0.05, 0.1) is 5.69 Å². The molecule has 1 unspecified atom stereocenters. The van der Waals surface area contributed by atoms with Crippen LogP contribution in [0, 0.1) is 0 Å². The fourth-order valence-electron chi connectivity index (χ4n) is 2.78. The molecule has 1 heterocycles. The summed E-state index contributed by atoms with van der Waals surface area (Å²) in [4.78, 5) is 0. The van der Waals surface area contributed by atoms with Crippen LogP contribution in [0.25, 0.3) is 0 Å². The molecule has 1 aromatic carbocycles. The third kappa shape index (κ3) is 3.10. The molecule has 0 aliphatic rings. The number of nitrogens with two attached hydrogens (primary N) is 1. The Kier molecular flexibility index (Phi) is 4.61. The lowest BCUT2D eigenvalue weighted by Crippen LogP contribution is -2.39. The van der Waals surface area contributed by atoms with E-state index in [1.54, 1.807) is 0 Å². The van der Waals surface area contributed by atoms with Crippen molar-refractivity contribution < 1.29 is 0 Å². The van der Waals surface area contributed by atoms with E-state index in [1.807, 2.05) is 17.8 Å². The Morgan fingerprint density at radius 3 is 2.45 bits per heavy atom. The van der Waals surface area contributed by atoms with Gasteiger partial charge in [0, 0.05) is 24.7 Å². The number of benzene rings is 1. The van der Waals surface area contributed by atoms with E-state index in [4.69, 9.17) is 5.73 Å². The second-order valence-corrected chi connectivity index (χ2v) is 5.55. The molecule has 0 amide bonds. The number of hydrogen-bond acceptors (Lipinski definition) is 2. The van der Waals surface area contributed by atoms with Crippen LogP contribution in [0.2, 0.25) is 0 Å². The number of hydrogen-bond donors (Lipinski definition) is 1. The van der Waals surface area contributed by atoms with Gasteiger partial charge in [-0.05, 0) is 24.5 Å². The van der Waals surface area contributed by atoms with Crippen LogP contribution in [0.3, 0.4) is 0 Å². The predicted molar refractivity (Wildman–Crippen MR) is 83.5 cm³/mol. The normalized spacial score (nSPS) is 14.2. The number of rotatable bonds is 6. The van der Waals surface area contributed by atoms with E-state index in [9.17, 15) is 0 Å². The molecule has 0 saturated carbocycles. The first-order chi connectivity index (χ1) is 9.59. The molecule has 0 radical (unpaired) electrons. The van der Waals surface area contributed by atoms with Gasteiger partial charge >= 0.3 is 0 Å². The number of nitrogens with zero attached hydrogens (tertiary/aromatic N) is 2. The van der Waals surface area contributed by atoms with Gasteiger partial charge in [0.25, 0.3) is 0 Å². The van der Waals surface area contributed by atoms with Gasteiger partial charge in [-0.25, -0.2) is 0 Å². The molecule has 0 spiro atoms. The maximum absolute atomic E-state index is 6.74. The molecule has 1 aromatic heterocycles. The lowest BCUT2D eigenvalue weighted by atomic mass is 9.82. The Bertz CT molecular complexity index is 545. The summed E-state index contributed by atoms with van der Waals surface area (Å²) in [7, 11) is 2.01. The molecular formula is C17H25N3. The van der Waals surface area contributed by atoms with Crippen molar-refractivity contribution in [1.82, 2.24) is 9.78 Å². The highest BCUT2D eigenvalue weighted by Gasteiger charge is 2.28. The molecule has 0 bridgehead atoms. The lowest BCUT2D eigenvalue weighted by molar-refractivity contribution is 0.390. The molecule has 2 rings (SSSR count). The van der Waals surface area contributed by atoms with E-state index in [0.29, 0.717) is 0 Å². The van der Waals surface area contributed by atoms with Crippen LogP contribution in [0.15, 0.2) is 36.4 Å². The first-order valence-corrected chi connectivity index (χ1v) is 7.45. The van der Waals surface area contributed by atoms with Crippen LogP contribution in [0.5, 0.6) is 0 Å². The van der Waals surface area contributed by atoms with E-state index in [1.165, 1.54) is 11.3 Å². The highest BCUT2D eigenvalue weighted by atomic mass is 15.3. The maximum atomic E-state index is 6.74. The minimum Gasteiger partial charge on any atom is -0.321 e. The molecule has 20 heavy (non-hydrogen) atoms. The SMILES string of the molecule is CCCC(N)(Cc1cc(CC)nn1C)c1ccccc1. The van der Waals surface area contributed by atoms with Gasteiger partial charge in [-0.3, -0.25) is 4.68 Å². The lowest BCUT2D eigenvalue weighted by Gasteiger charge is -2.30. The Hall–Kier alpha value is -1.61. The van der Waals surface area contributed by atoms with Crippen molar-refractivity contribution in [2.75, 3.05) is 0 Å². The van der Waals surface area contributed by atoms with Crippen molar-refractivity contribution in [3.8, 4) is 0 Å². The van der Waals surface area contributed by atoms with Crippen LogP contribution in [0.1, 0.15) is 43.6 Å². The molecule has 0 aliphatic carbocycles. The first kappa shape index (κ1) is 14.8. The second-order valence-electron chi connectivity index (χ2n) is 5.55. The van der Waals surface area contributed by atoms with E-state index in [0.717, 1.165) is 31.4 Å². The van der Waals surface area contributed by atoms with E-state index >= 15 is 0 Å². The van der Waals surface area contributed by atoms with Crippen LogP contribution < -0.4 is 5.73 Å². The molecule has 108 valence electrons. The van der Waals surface area contributed by atoms with Gasteiger partial charge in [0.2, 0.25) is 0 Å². The van der Waals surface area contributed by atoms with Gasteiger partial charge in [-0.15, -0.1) is 0 Å². The largest absolute Gasteiger partial charge is 0.321 e. The van der Waals surface area contributed by atoms with E-state index in [2.05, 4.69) is 49.3 Å². The summed E-state index contributed by atoms with van der Waals surface area (Å²) >= 11 is 0. The van der Waals surface area contributed by atoms with Gasteiger partial charge < -0.3 is 5.73 Å². The molecule has 3 nitrogen and oxygen atoms in total. The van der Waals surface area contributed by atoms with Gasteiger partial charge in [0.1, 0.15) is 0 Å². The van der Waals surface area contributed by atoms with Crippen LogP contribution in [-0.2, 0) is 25.4 Å². The summed E-state index contributed by atoms with van der Waals surface area (Å²) in [6.45, 7) is 4.32. The predicted octanol–water partition coefficient (Wildman–Crippen LogP) is 3.18. The Labute approximate surface area is 121 Å². The van der Waals surface area contributed by atoms with E-state index in [-0.39, 0.29) is 5.54 Å². The fraction of sp³-hybridized carbons (Fsp3) is 0.471. The summed E-state index contributed by atoms with van der Waals surface area (Å²) in [6, 6.07) is 12.6. The summed E-state index contributed by atoms with van der Waals surface area (Å²) < 4.78 is 1.97. The molecule has 2 N–H and O–H groups in total. The third-order valence-corrected chi connectivity index (χ3v) is 3.93. The topological polar surface area (TPSA) is 43.8 Å². The molecule has 0 saturated heterocycles. The zero-order chi connectivity index (χ0) is 14.6. The smallest absolute Gasteiger partial charge is 0.0624 e. The Morgan fingerprint density at radius 1 is 1.20 bits per heavy atom. The van der Waals surface area contributed by atoms with Crippen molar-refractivity contribution in [3.63, 3.8) is 0 Å². The molecule has 0 aliphatic heterocycles. The highest BCUT2D eigenvalue weighted by Crippen LogP contribution is 2.28. The van der Waals surface area contributed by atoms with E-state index < -0.39 is 0 Å². The summed E-state index contributed by atoms with van der Waals surface area (Å²) in [5.74, 6) is 0. The van der Waals surface area contributed by atoms with Gasteiger partial charge in [-0.1, -0.05) is 50.6 Å². The van der Waals surface area contributed by atoms with Crippen molar-refractivity contribution in [2.24, 2.45) is 12.8 Å². The van der Waals surface area contributed by atoms with Crippen molar-refractivity contribution in [1.29, 1.82) is 0 Å². The second kappa shape index (κ2) is 6.23. The van der Waals surface area contributed by atoms with Gasteiger partial charge in [-0.2, -0.15) is 5.10 Å². The summed E-state index contributed by atoms with van der Waals surface area (Å²) in [6.07, 6.45) is 3.84. The Balaban J connectivity index is 2.31. The third-order valence-electron chi connectivity index (χ3n) is 3.93. The maximum Gasteiger partial charge on any atom is 0.0624 e. The summed E-state index contributed by atoms with van der Waals surface area (Å²) in [5, 5.41) is 4.53. The van der Waals surface area contributed by atoms with Crippen LogP contribution >= 0.6 is 0 Å². The van der Waals surface area contributed by atoms with Crippen molar-refractivity contribution >= 4 is 0 Å².